The summed E-state index contributed by atoms with van der Waals surface area (Å²) in [5, 5.41) is 1.29. The molecule has 1 nitrogen and oxygen atoms in total. The summed E-state index contributed by atoms with van der Waals surface area (Å²) in [5.74, 6) is 0. The van der Waals surface area contributed by atoms with Crippen molar-refractivity contribution < 1.29 is 4.74 Å². The number of benzene rings is 1. The summed E-state index contributed by atoms with van der Waals surface area (Å²) in [6.07, 6.45) is 4.19. The topological polar surface area (TPSA) is 9.23 Å². The van der Waals surface area contributed by atoms with E-state index in [1.807, 2.05) is 6.07 Å². The van der Waals surface area contributed by atoms with Crippen LogP contribution in [0.25, 0.3) is 0 Å². The zero-order valence-corrected chi connectivity index (χ0v) is 11.3. The first-order valence-corrected chi connectivity index (χ1v) is 8.89. The molecule has 0 N–H and O–H groups in total. The minimum absolute atomic E-state index is 0.707. The SMILES string of the molecule is CCCC[PH](Cl)(COC)c1ccccc1. The molecule has 86 valence electrons. The molecule has 0 spiro atoms. The van der Waals surface area contributed by atoms with Gasteiger partial charge in [-0.05, 0) is 0 Å². The first-order chi connectivity index (χ1) is 7.23. The van der Waals surface area contributed by atoms with E-state index >= 15 is 0 Å². The molecule has 0 fully saturated rings. The van der Waals surface area contributed by atoms with Crippen molar-refractivity contribution in [3.63, 3.8) is 0 Å². The van der Waals surface area contributed by atoms with Crippen LogP contribution >= 0.6 is 17.9 Å². The Morgan fingerprint density at radius 3 is 2.47 bits per heavy atom. The fraction of sp³-hybridized carbons (Fsp3) is 0.500. The van der Waals surface area contributed by atoms with Crippen molar-refractivity contribution in [3.05, 3.63) is 30.3 Å². The van der Waals surface area contributed by atoms with Gasteiger partial charge >= 0.3 is 97.6 Å². The fourth-order valence-electron chi connectivity index (χ4n) is 1.72. The Labute approximate surface area is 97.9 Å². The van der Waals surface area contributed by atoms with Gasteiger partial charge in [-0.3, -0.25) is 0 Å². The molecule has 0 saturated heterocycles. The van der Waals surface area contributed by atoms with Gasteiger partial charge in [0.05, 0.1) is 0 Å². The van der Waals surface area contributed by atoms with Crippen LogP contribution in [0.2, 0.25) is 0 Å². The molecule has 0 radical (unpaired) electrons. The van der Waals surface area contributed by atoms with Gasteiger partial charge in [-0.15, -0.1) is 0 Å². The van der Waals surface area contributed by atoms with Crippen LogP contribution in [0.1, 0.15) is 19.8 Å². The number of hydrogen-bond acceptors (Lipinski definition) is 1. The number of halogens is 1. The maximum absolute atomic E-state index is 6.76. The van der Waals surface area contributed by atoms with Gasteiger partial charge < -0.3 is 0 Å². The third-order valence-electron chi connectivity index (χ3n) is 2.59. The monoisotopic (exact) mass is 246 g/mol. The molecule has 0 bridgehead atoms. The third-order valence-corrected chi connectivity index (χ3v) is 7.40. The molecule has 1 aromatic carbocycles. The van der Waals surface area contributed by atoms with Gasteiger partial charge in [-0.1, -0.05) is 0 Å². The van der Waals surface area contributed by atoms with Crippen molar-refractivity contribution in [1.29, 1.82) is 0 Å². The molecule has 3 heteroatoms. The second kappa shape index (κ2) is 6.48. The third kappa shape index (κ3) is 3.75. The van der Waals surface area contributed by atoms with E-state index in [2.05, 4.69) is 31.2 Å². The summed E-state index contributed by atoms with van der Waals surface area (Å²) in [7, 11) is 1.74. The van der Waals surface area contributed by atoms with Crippen molar-refractivity contribution in [2.24, 2.45) is 0 Å². The Bertz CT molecular complexity index is 278. The van der Waals surface area contributed by atoms with Crippen LogP contribution in [-0.4, -0.2) is 19.6 Å². The maximum atomic E-state index is 6.76. The Balaban J connectivity index is 2.80. The molecule has 1 rings (SSSR count). The molecule has 1 aromatic rings. The first kappa shape index (κ1) is 13.0. The minimum atomic E-state index is -1.90. The Morgan fingerprint density at radius 2 is 1.93 bits per heavy atom. The zero-order valence-electron chi connectivity index (χ0n) is 9.50. The number of ether oxygens (including phenoxy) is 1. The van der Waals surface area contributed by atoms with E-state index in [0.717, 1.165) is 6.16 Å². The van der Waals surface area contributed by atoms with Crippen molar-refractivity contribution in [3.8, 4) is 0 Å². The van der Waals surface area contributed by atoms with Crippen molar-refractivity contribution >= 4 is 23.2 Å². The summed E-state index contributed by atoms with van der Waals surface area (Å²) < 4.78 is 5.29. The number of unbranched alkanes of at least 4 members (excludes halogenated alkanes) is 1. The van der Waals surface area contributed by atoms with Crippen molar-refractivity contribution in [2.45, 2.75) is 19.8 Å². The average molecular weight is 247 g/mol. The van der Waals surface area contributed by atoms with Crippen LogP contribution in [0.15, 0.2) is 30.3 Å². The van der Waals surface area contributed by atoms with E-state index in [9.17, 15) is 0 Å². The van der Waals surface area contributed by atoms with Crippen molar-refractivity contribution in [1.82, 2.24) is 0 Å². The summed E-state index contributed by atoms with van der Waals surface area (Å²) in [6.45, 7) is 0.301. The predicted octanol–water partition coefficient (Wildman–Crippen LogP) is 3.62. The normalized spacial score (nSPS) is 12.7. The molecule has 0 amide bonds. The molecule has 0 atom stereocenters. The second-order valence-electron chi connectivity index (χ2n) is 3.87. The van der Waals surface area contributed by atoms with E-state index in [1.54, 1.807) is 7.11 Å². The Kier molecular flexibility index (Phi) is 5.60. The number of rotatable bonds is 6. The van der Waals surface area contributed by atoms with E-state index in [0.29, 0.717) is 6.35 Å². The van der Waals surface area contributed by atoms with Gasteiger partial charge in [-0.2, -0.15) is 0 Å². The number of methoxy groups -OCH3 is 1. The second-order valence-corrected chi connectivity index (χ2v) is 9.34. The molecular formula is C12H20ClOP. The standard InChI is InChI=1S/C12H20ClOP/c1-3-4-10-15(13,11-14-2)12-8-6-5-7-9-12/h5-9,15H,3-4,10-11H2,1-2H3. The Morgan fingerprint density at radius 1 is 1.27 bits per heavy atom. The average Bonchev–Trinajstić information content (AvgIpc) is 2.28. The van der Waals surface area contributed by atoms with Crippen LogP contribution in [0.3, 0.4) is 0 Å². The zero-order chi connectivity index (χ0) is 11.1. The quantitative estimate of drug-likeness (QED) is 0.697. The summed E-state index contributed by atoms with van der Waals surface area (Å²) in [6, 6.07) is 10.4. The molecular weight excluding hydrogens is 227 g/mol. The van der Waals surface area contributed by atoms with Crippen LogP contribution in [0.4, 0.5) is 0 Å². The van der Waals surface area contributed by atoms with Gasteiger partial charge in [0.2, 0.25) is 0 Å². The van der Waals surface area contributed by atoms with Crippen LogP contribution < -0.4 is 5.30 Å². The molecule has 0 heterocycles. The summed E-state index contributed by atoms with van der Waals surface area (Å²) >= 11 is 6.76. The molecule has 0 aliphatic carbocycles. The van der Waals surface area contributed by atoms with Crippen LogP contribution in [0.5, 0.6) is 0 Å². The molecule has 0 saturated carbocycles. The van der Waals surface area contributed by atoms with Gasteiger partial charge in [0, 0.05) is 0 Å². The van der Waals surface area contributed by atoms with E-state index < -0.39 is 6.62 Å². The predicted molar refractivity (Wildman–Crippen MR) is 71.9 cm³/mol. The van der Waals surface area contributed by atoms with Gasteiger partial charge in [0.25, 0.3) is 0 Å². The van der Waals surface area contributed by atoms with Gasteiger partial charge in [-0.25, -0.2) is 0 Å². The fourth-order valence-corrected chi connectivity index (χ4v) is 5.59. The van der Waals surface area contributed by atoms with Crippen LogP contribution in [0, 0.1) is 0 Å². The first-order valence-electron chi connectivity index (χ1n) is 5.46. The Hall–Kier alpha value is -0.100. The van der Waals surface area contributed by atoms with Gasteiger partial charge in [0.15, 0.2) is 0 Å². The van der Waals surface area contributed by atoms with E-state index in [-0.39, 0.29) is 0 Å². The molecule has 0 aliphatic rings. The van der Waals surface area contributed by atoms with Crippen LogP contribution in [-0.2, 0) is 4.74 Å². The van der Waals surface area contributed by atoms with E-state index in [4.69, 9.17) is 16.0 Å². The summed E-state index contributed by atoms with van der Waals surface area (Å²) in [5.41, 5.74) is 0. The van der Waals surface area contributed by atoms with Crippen molar-refractivity contribution in [2.75, 3.05) is 19.6 Å². The molecule has 0 unspecified atom stereocenters. The van der Waals surface area contributed by atoms with E-state index in [1.165, 1.54) is 18.1 Å². The molecule has 15 heavy (non-hydrogen) atoms. The van der Waals surface area contributed by atoms with Gasteiger partial charge in [0.1, 0.15) is 0 Å². The molecule has 0 aliphatic heterocycles. The number of hydrogen-bond donors (Lipinski definition) is 0. The summed E-state index contributed by atoms with van der Waals surface area (Å²) in [4.78, 5) is 0. The molecule has 0 aromatic heterocycles.